The maximum absolute atomic E-state index is 14.8. The summed E-state index contributed by atoms with van der Waals surface area (Å²) in [5, 5.41) is 64.9. The molecule has 3 aromatic rings. The van der Waals surface area contributed by atoms with Crippen molar-refractivity contribution in [2.24, 2.45) is 10.7 Å². The number of carboxylic acid groups (broad SMARTS) is 3. The van der Waals surface area contributed by atoms with Crippen molar-refractivity contribution in [1.82, 2.24) is 71.9 Å². The molecule has 3 aliphatic rings. The molecule has 0 unspecified atom stereocenters. The molecule has 15 N–H and O–H groups in total. The highest BCUT2D eigenvalue weighted by molar-refractivity contribution is 5.92. The SMILES string of the molecule is CCC(=O)NCCNC(=O)/N=C(/N)NCCC[C@@H](NC(=O)[C@H](c1cccc(NCCCNC(=O)CCCCCNC(=O)CN2CCC(NC(=O)CN3CCN(CC(=O)O)CCN(CC(=O)O)CCN(CC(=O)O)CC3)CC2)c1)N1Cc2ccccc2C1)C(=O)NCc1ccc(O)cc1. The fourth-order valence-electron chi connectivity index (χ4n) is 11.8. The number of fused-ring (bicyclic) bond motifs is 1. The highest BCUT2D eigenvalue weighted by Gasteiger charge is 2.35. The Labute approximate surface area is 572 Å². The first-order chi connectivity index (χ1) is 47.2. The van der Waals surface area contributed by atoms with E-state index in [4.69, 9.17) is 5.73 Å². The summed E-state index contributed by atoms with van der Waals surface area (Å²) >= 11 is 0. The van der Waals surface area contributed by atoms with Gasteiger partial charge in [-0.2, -0.15) is 4.99 Å². The molecule has 3 heterocycles. The van der Waals surface area contributed by atoms with E-state index in [9.17, 15) is 68.4 Å². The number of nitrogens with one attached hydrogen (secondary N) is 9. The number of hydrogen-bond acceptors (Lipinski definition) is 18. The molecule has 2 atom stereocenters. The van der Waals surface area contributed by atoms with Crippen LogP contribution in [0.3, 0.4) is 0 Å². The first-order valence-electron chi connectivity index (χ1n) is 33.9. The molecule has 0 aromatic heterocycles. The Morgan fingerprint density at radius 2 is 1.07 bits per heavy atom. The predicted molar refractivity (Wildman–Crippen MR) is 366 cm³/mol. The number of carbonyl (C=O) groups is 10. The quantitative estimate of drug-likeness (QED) is 0.0202. The van der Waals surface area contributed by atoms with Gasteiger partial charge < -0.3 is 74.0 Å². The number of nitrogens with two attached hydrogens (primary N) is 1. The number of piperidine rings is 1. The molecule has 0 saturated carbocycles. The number of benzene rings is 3. The van der Waals surface area contributed by atoms with Crippen molar-refractivity contribution < 1.29 is 68.4 Å². The first-order valence-corrected chi connectivity index (χ1v) is 33.9. The minimum absolute atomic E-state index is 0.0241. The normalized spacial score (nSPS) is 16.4. The number of phenolic OH excluding ortho intramolecular Hbond substituents is 1. The number of unbranched alkanes of at least 4 members (excludes halogenated alkanes) is 2. The van der Waals surface area contributed by atoms with E-state index in [0.717, 1.165) is 28.8 Å². The van der Waals surface area contributed by atoms with Crippen molar-refractivity contribution in [2.45, 2.75) is 109 Å². The number of aliphatic carboxylic acids is 3. The second kappa shape index (κ2) is 42.6. The van der Waals surface area contributed by atoms with Crippen molar-refractivity contribution in [3.8, 4) is 5.75 Å². The lowest BCUT2D eigenvalue weighted by atomic mass is 10.0. The maximum Gasteiger partial charge on any atom is 0.344 e. The van der Waals surface area contributed by atoms with Gasteiger partial charge >= 0.3 is 23.9 Å². The highest BCUT2D eigenvalue weighted by atomic mass is 16.4. The molecule has 8 amide bonds. The summed E-state index contributed by atoms with van der Waals surface area (Å²) in [7, 11) is 0. The van der Waals surface area contributed by atoms with E-state index in [2.05, 4.69) is 57.7 Å². The fourth-order valence-corrected chi connectivity index (χ4v) is 11.8. The van der Waals surface area contributed by atoms with Gasteiger partial charge in [-0.15, -0.1) is 0 Å². The smallest absolute Gasteiger partial charge is 0.344 e. The van der Waals surface area contributed by atoms with Crippen LogP contribution in [-0.2, 0) is 62.8 Å². The molecule has 6 rings (SSSR count). The van der Waals surface area contributed by atoms with Crippen molar-refractivity contribution in [1.29, 1.82) is 0 Å². The minimum atomic E-state index is -1.04. The number of urea groups is 1. The summed E-state index contributed by atoms with van der Waals surface area (Å²) in [6.45, 7) is 7.99. The lowest BCUT2D eigenvalue weighted by molar-refractivity contribution is -0.140. The van der Waals surface area contributed by atoms with Crippen LogP contribution in [0.25, 0.3) is 0 Å². The fraction of sp³-hybridized carbons (Fsp3) is 0.567. The van der Waals surface area contributed by atoms with Gasteiger partial charge in [-0.3, -0.25) is 72.6 Å². The number of phenols is 1. The molecule has 2 fully saturated rings. The van der Waals surface area contributed by atoms with Crippen LogP contribution >= 0.6 is 0 Å². The zero-order valence-corrected chi connectivity index (χ0v) is 56.3. The molecule has 98 heavy (non-hydrogen) atoms. The summed E-state index contributed by atoms with van der Waals surface area (Å²) in [6, 6.07) is 19.4. The van der Waals surface area contributed by atoms with Crippen LogP contribution in [0.1, 0.15) is 99.4 Å². The molecule has 0 aliphatic carbocycles. The number of guanidine groups is 1. The van der Waals surface area contributed by atoms with Crippen LogP contribution < -0.4 is 53.6 Å². The number of amides is 8. The lowest BCUT2D eigenvalue weighted by Crippen LogP contribution is -2.51. The van der Waals surface area contributed by atoms with E-state index in [1.54, 1.807) is 33.8 Å². The van der Waals surface area contributed by atoms with Gasteiger partial charge in [0.1, 0.15) is 17.8 Å². The Hall–Kier alpha value is -9.01. The third kappa shape index (κ3) is 30.2. The molecular formula is C67H101N17O14. The summed E-state index contributed by atoms with van der Waals surface area (Å²) in [4.78, 5) is 141. The number of carbonyl (C=O) groups excluding carboxylic acids is 7. The number of nitrogens with zero attached hydrogens (tertiary/aromatic N) is 7. The second-order valence-electron chi connectivity index (χ2n) is 24.8. The van der Waals surface area contributed by atoms with Crippen LogP contribution in [-0.4, -0.2) is 265 Å². The number of aliphatic imine (C=N–C) groups is 1. The predicted octanol–water partition coefficient (Wildman–Crippen LogP) is -0.179. The zero-order valence-electron chi connectivity index (χ0n) is 56.3. The van der Waals surface area contributed by atoms with Crippen molar-refractivity contribution in [2.75, 3.05) is 143 Å². The zero-order chi connectivity index (χ0) is 70.6. The largest absolute Gasteiger partial charge is 0.508 e. The van der Waals surface area contributed by atoms with Crippen molar-refractivity contribution >= 4 is 71.0 Å². The van der Waals surface area contributed by atoms with E-state index in [0.29, 0.717) is 129 Å². The number of anilines is 1. The second-order valence-corrected chi connectivity index (χ2v) is 24.8. The van der Waals surface area contributed by atoms with Gasteiger partial charge in [-0.25, -0.2) is 4.79 Å². The molecule has 3 aromatic carbocycles. The van der Waals surface area contributed by atoms with Crippen LogP contribution in [0, 0.1) is 0 Å². The van der Waals surface area contributed by atoms with Gasteiger partial charge in [0, 0.05) is 149 Å². The molecule has 31 nitrogen and oxygen atoms in total. The Morgan fingerprint density at radius 1 is 0.531 bits per heavy atom. The average molecular weight is 1370 g/mol. The van der Waals surface area contributed by atoms with Gasteiger partial charge in [0.15, 0.2) is 5.96 Å². The van der Waals surface area contributed by atoms with E-state index in [-0.39, 0.29) is 139 Å². The van der Waals surface area contributed by atoms with Crippen LogP contribution in [0.2, 0.25) is 0 Å². The summed E-state index contributed by atoms with van der Waals surface area (Å²) in [5.41, 5.74) is 10.4. The van der Waals surface area contributed by atoms with Gasteiger partial charge in [0.05, 0.1) is 32.7 Å². The lowest BCUT2D eigenvalue weighted by Gasteiger charge is -2.34. The number of aromatic hydroxyl groups is 1. The summed E-state index contributed by atoms with van der Waals surface area (Å²) in [6.07, 6.45) is 5.20. The van der Waals surface area contributed by atoms with Crippen LogP contribution in [0.5, 0.6) is 5.75 Å². The Bertz CT molecular complexity index is 3060. The Morgan fingerprint density at radius 3 is 1.67 bits per heavy atom. The molecular weight excluding hydrogens is 1270 g/mol. The van der Waals surface area contributed by atoms with E-state index < -0.39 is 41.9 Å². The molecule has 538 valence electrons. The number of hydrogen-bond donors (Lipinski definition) is 14. The summed E-state index contributed by atoms with van der Waals surface area (Å²) in [5.74, 6) is -4.49. The van der Waals surface area contributed by atoms with Crippen LogP contribution in [0.4, 0.5) is 10.5 Å². The molecule has 2 saturated heterocycles. The monoisotopic (exact) mass is 1370 g/mol. The van der Waals surface area contributed by atoms with Gasteiger partial charge in [0.2, 0.25) is 35.4 Å². The minimum Gasteiger partial charge on any atom is -0.508 e. The number of rotatable bonds is 37. The molecule has 31 heteroatoms. The van der Waals surface area contributed by atoms with Gasteiger partial charge in [0.25, 0.3) is 0 Å². The highest BCUT2D eigenvalue weighted by Crippen LogP contribution is 2.33. The van der Waals surface area contributed by atoms with E-state index in [1.807, 2.05) is 58.3 Å². The molecule has 0 bridgehead atoms. The Kier molecular flexibility index (Phi) is 33.9. The molecule has 0 radical (unpaired) electrons. The standard InChI is InChI=1S/C67H101N17O14/c1-2-56(86)72-27-28-74-67(98)78-66(68)73-24-9-15-55(64(96)75-40-48-17-19-54(85)20-18-48)77-65(97)63(84-41-50-11-5-6-12-51(50)42-84)49-13-8-14-53(39-49)69-25-10-26-70-57(87)16-4-3-7-23-71-58(88)43-79-29-21-52(22-30-79)76-59(89)44-80-31-33-81(45-60(90)91)35-37-83(47-62(94)95)38-36-82(34-32-80)46-61(92)93/h5-6,8,11-14,17-20,39,52,55,63,69,85H,2-4,7,9-10,15-16,21-38,40-47H2,1H3,(H,70,87)(H,71,88)(H,72,86)(H,75,96)(H,76,89)(H,77,97)(H,90,91)(H,92,93)(H,94,95)(H4,68,73,74,78,98)/t55-,63+/m1/s1. The summed E-state index contributed by atoms with van der Waals surface area (Å²) < 4.78 is 0. The molecule has 0 spiro atoms. The average Bonchev–Trinajstić information content (AvgIpc) is 1.58. The molecule has 3 aliphatic heterocycles. The van der Waals surface area contributed by atoms with Crippen molar-refractivity contribution in [3.05, 3.63) is 95.1 Å². The third-order valence-corrected chi connectivity index (χ3v) is 17.1. The van der Waals surface area contributed by atoms with Crippen LogP contribution in [0.15, 0.2) is 77.8 Å². The number of carboxylic acids is 3. The number of likely N-dealkylation sites (tertiary alicyclic amines) is 1. The first kappa shape index (κ1) is 78.0. The van der Waals surface area contributed by atoms with Crippen molar-refractivity contribution in [3.63, 3.8) is 0 Å². The van der Waals surface area contributed by atoms with Gasteiger partial charge in [-0.1, -0.05) is 61.9 Å². The topological polar surface area (TPSA) is 418 Å². The van der Waals surface area contributed by atoms with Gasteiger partial charge in [-0.05, 0) is 91.5 Å². The van der Waals surface area contributed by atoms with E-state index in [1.165, 1.54) is 12.1 Å². The third-order valence-electron chi connectivity index (χ3n) is 17.1. The Balaban J connectivity index is 0.890. The van der Waals surface area contributed by atoms with E-state index >= 15 is 0 Å². The maximum atomic E-state index is 14.8.